The van der Waals surface area contributed by atoms with Gasteiger partial charge >= 0.3 is 0 Å². The zero-order chi connectivity index (χ0) is 16.1. The summed E-state index contributed by atoms with van der Waals surface area (Å²) >= 11 is 0. The van der Waals surface area contributed by atoms with E-state index in [0.717, 1.165) is 6.42 Å². The Bertz CT molecular complexity index is 694. The number of hydrazone groups is 1. The van der Waals surface area contributed by atoms with E-state index in [1.807, 2.05) is 0 Å². The van der Waals surface area contributed by atoms with Gasteiger partial charge in [0.2, 0.25) is 0 Å². The van der Waals surface area contributed by atoms with Crippen molar-refractivity contribution in [2.45, 2.75) is 39.7 Å². The highest BCUT2D eigenvalue weighted by Crippen LogP contribution is 2.39. The number of ketones is 1. The molecule has 2 atom stereocenters. The second-order valence-corrected chi connectivity index (χ2v) is 6.98. The third-order valence-electron chi connectivity index (χ3n) is 4.52. The van der Waals surface area contributed by atoms with Gasteiger partial charge in [-0.25, -0.2) is 0 Å². The van der Waals surface area contributed by atoms with E-state index in [1.54, 1.807) is 19.1 Å². The minimum absolute atomic E-state index is 0.00777. The van der Waals surface area contributed by atoms with Crippen LogP contribution in [0.3, 0.4) is 0 Å². The van der Waals surface area contributed by atoms with Crippen molar-refractivity contribution in [1.29, 1.82) is 0 Å². The van der Waals surface area contributed by atoms with Crippen molar-refractivity contribution in [2.24, 2.45) is 16.4 Å². The molecule has 1 saturated carbocycles. The highest BCUT2D eigenvalue weighted by atomic mass is 16.6. The predicted octanol–water partition coefficient (Wildman–Crippen LogP) is 2.58. The lowest BCUT2D eigenvalue weighted by Crippen LogP contribution is -2.45. The van der Waals surface area contributed by atoms with Gasteiger partial charge in [0.1, 0.15) is 5.78 Å². The summed E-state index contributed by atoms with van der Waals surface area (Å²) in [4.78, 5) is 23.2. The molecule has 1 aromatic carbocycles. The number of hydrogen-bond acceptors (Lipinski definition) is 5. The monoisotopic (exact) mass is 301 g/mol. The Labute approximate surface area is 128 Å². The number of Topliss-reactive ketones (excluding diaryl/α,β-unsaturated/α-hetero) is 1. The molecule has 116 valence electrons. The van der Waals surface area contributed by atoms with Gasteiger partial charge in [-0.1, -0.05) is 26.0 Å². The van der Waals surface area contributed by atoms with E-state index in [1.165, 1.54) is 6.07 Å². The van der Waals surface area contributed by atoms with E-state index in [-0.39, 0.29) is 28.8 Å². The zero-order valence-electron chi connectivity index (χ0n) is 12.9. The van der Waals surface area contributed by atoms with E-state index in [9.17, 15) is 14.9 Å². The summed E-state index contributed by atoms with van der Waals surface area (Å²) in [6.07, 6.45) is 1.38. The normalized spacial score (nSPS) is 26.1. The van der Waals surface area contributed by atoms with Crippen molar-refractivity contribution in [3.8, 4) is 0 Å². The SMILES string of the molecule is Cc1ccc(C2=NN[C@H]3CC(C)(C)CC(=O)[C@@H]23)cc1[N+](=O)[O-]. The molecule has 0 bridgehead atoms. The van der Waals surface area contributed by atoms with Crippen LogP contribution in [0.2, 0.25) is 0 Å². The molecule has 0 unspecified atom stereocenters. The second kappa shape index (κ2) is 4.90. The lowest BCUT2D eigenvalue weighted by molar-refractivity contribution is -0.385. The zero-order valence-corrected chi connectivity index (χ0v) is 12.9. The lowest BCUT2D eigenvalue weighted by atomic mass is 9.68. The summed E-state index contributed by atoms with van der Waals surface area (Å²) in [6.45, 7) is 5.86. The summed E-state index contributed by atoms with van der Waals surface area (Å²) in [7, 11) is 0. The fourth-order valence-electron chi connectivity index (χ4n) is 3.49. The Morgan fingerprint density at radius 2 is 2.14 bits per heavy atom. The highest BCUT2D eigenvalue weighted by molar-refractivity contribution is 6.15. The molecular formula is C16H19N3O3. The van der Waals surface area contributed by atoms with Crippen LogP contribution in [0.1, 0.15) is 37.8 Å². The number of nitro benzene ring substituents is 1. The van der Waals surface area contributed by atoms with Crippen molar-refractivity contribution in [3.63, 3.8) is 0 Å². The molecule has 1 aromatic rings. The molecule has 0 spiro atoms. The summed E-state index contributed by atoms with van der Waals surface area (Å²) in [6, 6.07) is 5.02. The van der Waals surface area contributed by atoms with Gasteiger partial charge in [-0.2, -0.15) is 5.10 Å². The molecule has 6 nitrogen and oxygen atoms in total. The first-order valence-corrected chi connectivity index (χ1v) is 7.40. The molecule has 1 aliphatic heterocycles. The largest absolute Gasteiger partial charge is 0.306 e. The number of benzene rings is 1. The van der Waals surface area contributed by atoms with Crippen molar-refractivity contribution in [3.05, 3.63) is 39.4 Å². The standard InChI is InChI=1S/C16H19N3O3/c1-9-4-5-10(6-12(9)19(21)22)15-14-11(17-18-15)7-16(2,3)8-13(14)20/h4-6,11,14,17H,7-8H2,1-3H3/t11-,14-/m0/s1. The number of nitrogens with one attached hydrogen (secondary N) is 1. The third-order valence-corrected chi connectivity index (χ3v) is 4.52. The van der Waals surface area contributed by atoms with Gasteiger partial charge in [-0.05, 0) is 18.8 Å². The topological polar surface area (TPSA) is 84.6 Å². The van der Waals surface area contributed by atoms with E-state index in [2.05, 4.69) is 24.4 Å². The number of hydrogen-bond donors (Lipinski definition) is 1. The molecule has 6 heteroatoms. The number of rotatable bonds is 2. The predicted molar refractivity (Wildman–Crippen MR) is 82.8 cm³/mol. The number of fused-ring (bicyclic) bond motifs is 1. The van der Waals surface area contributed by atoms with Crippen LogP contribution in [0.25, 0.3) is 0 Å². The van der Waals surface area contributed by atoms with Crippen LogP contribution in [-0.4, -0.2) is 22.5 Å². The van der Waals surface area contributed by atoms with Crippen LogP contribution in [0.4, 0.5) is 5.69 Å². The molecule has 1 heterocycles. The Morgan fingerprint density at radius 1 is 1.41 bits per heavy atom. The van der Waals surface area contributed by atoms with Gasteiger partial charge in [0, 0.05) is 23.6 Å². The smallest absolute Gasteiger partial charge is 0.272 e. The maximum Gasteiger partial charge on any atom is 0.272 e. The van der Waals surface area contributed by atoms with Crippen molar-refractivity contribution < 1.29 is 9.72 Å². The van der Waals surface area contributed by atoms with Crippen LogP contribution >= 0.6 is 0 Å². The maximum absolute atomic E-state index is 12.5. The minimum atomic E-state index is -0.398. The van der Waals surface area contributed by atoms with Crippen LogP contribution in [0, 0.1) is 28.4 Å². The number of carbonyl (C=O) groups is 1. The van der Waals surface area contributed by atoms with Crippen molar-refractivity contribution >= 4 is 17.2 Å². The molecule has 1 fully saturated rings. The average Bonchev–Trinajstić information content (AvgIpc) is 2.81. The van der Waals surface area contributed by atoms with Crippen LogP contribution in [-0.2, 0) is 4.79 Å². The van der Waals surface area contributed by atoms with Gasteiger partial charge in [0.05, 0.1) is 22.6 Å². The summed E-state index contributed by atoms with van der Waals surface area (Å²) in [5.74, 6) is -0.136. The first-order chi connectivity index (χ1) is 10.3. The second-order valence-electron chi connectivity index (χ2n) is 6.98. The van der Waals surface area contributed by atoms with Gasteiger partial charge in [0.15, 0.2) is 0 Å². The molecule has 0 amide bonds. The summed E-state index contributed by atoms with van der Waals surface area (Å²) < 4.78 is 0. The Balaban J connectivity index is 1.96. The molecule has 1 aliphatic carbocycles. The fourth-order valence-corrected chi connectivity index (χ4v) is 3.49. The van der Waals surface area contributed by atoms with E-state index in [0.29, 0.717) is 23.3 Å². The number of nitrogens with zero attached hydrogens (tertiary/aromatic N) is 2. The summed E-state index contributed by atoms with van der Waals surface area (Å²) in [5.41, 5.74) is 4.98. The van der Waals surface area contributed by atoms with Gasteiger partial charge in [0.25, 0.3) is 5.69 Å². The van der Waals surface area contributed by atoms with Gasteiger partial charge < -0.3 is 5.43 Å². The quantitative estimate of drug-likeness (QED) is 0.672. The summed E-state index contributed by atoms with van der Waals surface area (Å²) in [5, 5.41) is 15.4. The first kappa shape index (κ1) is 14.7. The molecule has 0 saturated heterocycles. The first-order valence-electron chi connectivity index (χ1n) is 7.40. The molecular weight excluding hydrogens is 282 g/mol. The van der Waals surface area contributed by atoms with E-state index in [4.69, 9.17) is 0 Å². The lowest BCUT2D eigenvalue weighted by Gasteiger charge is -2.36. The minimum Gasteiger partial charge on any atom is -0.306 e. The highest BCUT2D eigenvalue weighted by Gasteiger charge is 2.46. The molecule has 2 aliphatic rings. The molecule has 1 N–H and O–H groups in total. The molecule has 3 rings (SSSR count). The molecule has 22 heavy (non-hydrogen) atoms. The Morgan fingerprint density at radius 3 is 2.82 bits per heavy atom. The van der Waals surface area contributed by atoms with Gasteiger partial charge in [-0.15, -0.1) is 0 Å². The Hall–Kier alpha value is -2.24. The van der Waals surface area contributed by atoms with Crippen LogP contribution in [0.15, 0.2) is 23.3 Å². The average molecular weight is 301 g/mol. The number of nitro groups is 1. The molecule has 0 aromatic heterocycles. The van der Waals surface area contributed by atoms with Crippen LogP contribution in [0.5, 0.6) is 0 Å². The molecule has 0 radical (unpaired) electrons. The number of carbonyl (C=O) groups excluding carboxylic acids is 1. The van der Waals surface area contributed by atoms with E-state index < -0.39 is 4.92 Å². The van der Waals surface area contributed by atoms with Crippen LogP contribution < -0.4 is 5.43 Å². The Kier molecular flexibility index (Phi) is 3.27. The van der Waals surface area contributed by atoms with Gasteiger partial charge in [-0.3, -0.25) is 14.9 Å². The maximum atomic E-state index is 12.5. The number of aryl methyl sites for hydroxylation is 1. The van der Waals surface area contributed by atoms with Crippen molar-refractivity contribution in [1.82, 2.24) is 5.43 Å². The van der Waals surface area contributed by atoms with E-state index >= 15 is 0 Å². The van der Waals surface area contributed by atoms with Crippen molar-refractivity contribution in [2.75, 3.05) is 0 Å². The fraction of sp³-hybridized carbons (Fsp3) is 0.500. The third kappa shape index (κ3) is 2.38.